The summed E-state index contributed by atoms with van der Waals surface area (Å²) in [4.78, 5) is 0. The third-order valence-electron chi connectivity index (χ3n) is 4.50. The van der Waals surface area contributed by atoms with E-state index in [1.807, 2.05) is 24.3 Å². The lowest BCUT2D eigenvalue weighted by molar-refractivity contribution is 0.356. The Kier molecular flexibility index (Phi) is 2.39. The van der Waals surface area contributed by atoms with Gasteiger partial charge < -0.3 is 10.3 Å². The molecule has 2 aromatic rings. The molecule has 2 N–H and O–H groups in total. The van der Waals surface area contributed by atoms with Crippen molar-refractivity contribution in [3.63, 3.8) is 0 Å². The number of nitrogen functional groups attached to an aromatic ring is 1. The monoisotopic (exact) mass is 274 g/mol. The van der Waals surface area contributed by atoms with Gasteiger partial charge in [0.2, 0.25) is 0 Å². The Bertz CT molecular complexity index is 627. The maximum absolute atomic E-state index is 6.28. The number of fused-ring (bicyclic) bond motifs is 1. The lowest BCUT2D eigenvalue weighted by Crippen LogP contribution is -1.98. The zero-order chi connectivity index (χ0) is 13.0. The lowest BCUT2D eigenvalue weighted by Gasteiger charge is -2.11. The van der Waals surface area contributed by atoms with Crippen LogP contribution in [0.15, 0.2) is 28.8 Å². The van der Waals surface area contributed by atoms with Crippen molar-refractivity contribution in [1.29, 1.82) is 0 Å². The normalized spacial score (nSPS) is 28.4. The highest BCUT2D eigenvalue weighted by Crippen LogP contribution is 2.58. The van der Waals surface area contributed by atoms with Crippen molar-refractivity contribution in [2.75, 3.05) is 5.73 Å². The summed E-state index contributed by atoms with van der Waals surface area (Å²) in [5, 5.41) is 4.66. The Morgan fingerprint density at radius 3 is 2.63 bits per heavy atom. The zero-order valence-electron chi connectivity index (χ0n) is 10.5. The quantitative estimate of drug-likeness (QED) is 0.897. The van der Waals surface area contributed by atoms with Crippen LogP contribution >= 0.6 is 11.6 Å². The molecule has 4 rings (SSSR count). The maximum atomic E-state index is 6.28. The predicted octanol–water partition coefficient (Wildman–Crippen LogP) is 4.09. The summed E-state index contributed by atoms with van der Waals surface area (Å²) in [6, 6.07) is 7.73. The largest absolute Gasteiger partial charge is 0.380 e. The topological polar surface area (TPSA) is 52.0 Å². The Labute approximate surface area is 116 Å². The van der Waals surface area contributed by atoms with E-state index >= 15 is 0 Å². The molecule has 19 heavy (non-hydrogen) atoms. The SMILES string of the molecule is Nc1noc(C2CC3CC3C2)c1-c1ccccc1Cl. The summed E-state index contributed by atoms with van der Waals surface area (Å²) in [5.41, 5.74) is 7.82. The number of hydrogen-bond donors (Lipinski definition) is 1. The van der Waals surface area contributed by atoms with E-state index < -0.39 is 0 Å². The molecule has 4 heteroatoms. The highest BCUT2D eigenvalue weighted by molar-refractivity contribution is 6.33. The number of halogens is 1. The highest BCUT2D eigenvalue weighted by Gasteiger charge is 2.48. The van der Waals surface area contributed by atoms with Crippen LogP contribution in [0.1, 0.15) is 30.9 Å². The van der Waals surface area contributed by atoms with Crippen LogP contribution in [0, 0.1) is 11.8 Å². The first-order valence-corrected chi connectivity index (χ1v) is 7.11. The maximum Gasteiger partial charge on any atom is 0.175 e. The predicted molar refractivity (Wildman–Crippen MR) is 74.9 cm³/mol. The Morgan fingerprint density at radius 2 is 1.89 bits per heavy atom. The molecule has 2 unspecified atom stereocenters. The van der Waals surface area contributed by atoms with Crippen LogP contribution in [-0.2, 0) is 0 Å². The molecular weight excluding hydrogens is 260 g/mol. The molecule has 0 bridgehead atoms. The molecule has 2 aliphatic rings. The molecule has 1 aromatic carbocycles. The number of hydrogen-bond acceptors (Lipinski definition) is 3. The number of anilines is 1. The van der Waals surface area contributed by atoms with Gasteiger partial charge in [-0.15, -0.1) is 0 Å². The summed E-state index contributed by atoms with van der Waals surface area (Å²) in [6.45, 7) is 0. The van der Waals surface area contributed by atoms with Gasteiger partial charge in [0.1, 0.15) is 5.76 Å². The molecule has 3 nitrogen and oxygen atoms in total. The smallest absolute Gasteiger partial charge is 0.175 e. The Balaban J connectivity index is 1.79. The van der Waals surface area contributed by atoms with Crippen LogP contribution < -0.4 is 5.73 Å². The Morgan fingerprint density at radius 1 is 1.16 bits per heavy atom. The fourth-order valence-corrected chi connectivity index (χ4v) is 3.69. The third kappa shape index (κ3) is 1.76. The van der Waals surface area contributed by atoms with E-state index in [2.05, 4.69) is 5.16 Å². The van der Waals surface area contributed by atoms with Crippen LogP contribution in [-0.4, -0.2) is 5.16 Å². The van der Waals surface area contributed by atoms with Crippen LogP contribution in [0.2, 0.25) is 5.02 Å². The zero-order valence-corrected chi connectivity index (χ0v) is 11.2. The minimum atomic E-state index is 0.448. The molecule has 2 saturated carbocycles. The fraction of sp³-hybridized carbons (Fsp3) is 0.400. The first kappa shape index (κ1) is 11.4. The van der Waals surface area contributed by atoms with E-state index in [9.17, 15) is 0 Å². The minimum absolute atomic E-state index is 0.448. The highest BCUT2D eigenvalue weighted by atomic mass is 35.5. The molecule has 0 amide bonds. The molecule has 0 radical (unpaired) electrons. The molecule has 2 aliphatic carbocycles. The minimum Gasteiger partial charge on any atom is -0.380 e. The van der Waals surface area contributed by atoms with Crippen molar-refractivity contribution in [3.05, 3.63) is 35.0 Å². The van der Waals surface area contributed by atoms with Crippen molar-refractivity contribution in [3.8, 4) is 11.1 Å². The molecule has 0 aliphatic heterocycles. The molecular formula is C15H15ClN2O. The second-order valence-corrected chi connectivity index (χ2v) is 6.12. The lowest BCUT2D eigenvalue weighted by atomic mass is 9.94. The van der Waals surface area contributed by atoms with Gasteiger partial charge in [0, 0.05) is 16.5 Å². The van der Waals surface area contributed by atoms with Crippen molar-refractivity contribution >= 4 is 17.4 Å². The number of aromatic nitrogens is 1. The average Bonchev–Trinajstić information content (AvgIpc) is 2.84. The summed E-state index contributed by atoms with van der Waals surface area (Å²) in [5.74, 6) is 3.63. The fourth-order valence-electron chi connectivity index (χ4n) is 3.46. The van der Waals surface area contributed by atoms with Crippen LogP contribution in [0.3, 0.4) is 0 Å². The van der Waals surface area contributed by atoms with E-state index in [1.165, 1.54) is 19.3 Å². The summed E-state index contributed by atoms with van der Waals surface area (Å²) >= 11 is 6.28. The van der Waals surface area contributed by atoms with Gasteiger partial charge in [0.05, 0.1) is 5.56 Å². The molecule has 1 aromatic heterocycles. The third-order valence-corrected chi connectivity index (χ3v) is 4.83. The first-order valence-electron chi connectivity index (χ1n) is 6.74. The van der Waals surface area contributed by atoms with Gasteiger partial charge in [0.15, 0.2) is 5.82 Å². The molecule has 2 atom stereocenters. The van der Waals surface area contributed by atoms with E-state index in [0.717, 1.165) is 28.7 Å². The van der Waals surface area contributed by atoms with Crippen molar-refractivity contribution in [2.24, 2.45) is 11.8 Å². The standard InChI is InChI=1S/C15H15ClN2O/c16-12-4-2-1-3-11(12)13-14(19-18-15(13)17)10-6-8-5-9(8)7-10/h1-4,8-10H,5-7H2,(H2,17,18). The van der Waals surface area contributed by atoms with Crippen molar-refractivity contribution < 1.29 is 4.52 Å². The van der Waals surface area contributed by atoms with E-state index in [0.29, 0.717) is 16.8 Å². The molecule has 2 fully saturated rings. The van der Waals surface area contributed by atoms with Gasteiger partial charge in [-0.05, 0) is 37.2 Å². The molecule has 0 spiro atoms. The van der Waals surface area contributed by atoms with Gasteiger partial charge in [0.25, 0.3) is 0 Å². The van der Waals surface area contributed by atoms with Crippen LogP contribution in [0.5, 0.6) is 0 Å². The van der Waals surface area contributed by atoms with Gasteiger partial charge in [-0.3, -0.25) is 0 Å². The van der Waals surface area contributed by atoms with Crippen molar-refractivity contribution in [2.45, 2.75) is 25.2 Å². The molecule has 0 saturated heterocycles. The van der Waals surface area contributed by atoms with E-state index in [1.54, 1.807) is 0 Å². The van der Waals surface area contributed by atoms with Gasteiger partial charge in [-0.25, -0.2) is 0 Å². The molecule has 98 valence electrons. The second kappa shape index (κ2) is 4.01. The number of nitrogens with two attached hydrogens (primary N) is 1. The summed E-state index contributed by atoms with van der Waals surface area (Å²) < 4.78 is 5.52. The van der Waals surface area contributed by atoms with Gasteiger partial charge >= 0.3 is 0 Å². The van der Waals surface area contributed by atoms with Crippen LogP contribution in [0.25, 0.3) is 11.1 Å². The first-order chi connectivity index (χ1) is 9.24. The van der Waals surface area contributed by atoms with E-state index in [-0.39, 0.29) is 0 Å². The van der Waals surface area contributed by atoms with Gasteiger partial charge in [-0.2, -0.15) is 0 Å². The average molecular weight is 275 g/mol. The second-order valence-electron chi connectivity index (χ2n) is 5.71. The number of benzene rings is 1. The summed E-state index contributed by atoms with van der Waals surface area (Å²) in [6.07, 6.45) is 3.80. The van der Waals surface area contributed by atoms with Gasteiger partial charge in [-0.1, -0.05) is 35.0 Å². The number of rotatable bonds is 2. The number of nitrogens with zero attached hydrogens (tertiary/aromatic N) is 1. The van der Waals surface area contributed by atoms with Crippen molar-refractivity contribution in [1.82, 2.24) is 5.16 Å². The van der Waals surface area contributed by atoms with E-state index in [4.69, 9.17) is 21.9 Å². The van der Waals surface area contributed by atoms with Crippen LogP contribution in [0.4, 0.5) is 5.82 Å². The Hall–Kier alpha value is -1.48. The summed E-state index contributed by atoms with van der Waals surface area (Å²) in [7, 11) is 0. The molecule has 1 heterocycles.